The number of rotatable bonds is 4. The summed E-state index contributed by atoms with van der Waals surface area (Å²) in [4.78, 5) is 11.8. The van der Waals surface area contributed by atoms with Crippen molar-refractivity contribution in [3.05, 3.63) is 35.5 Å². The SMILES string of the molecule is NC(=O)c1cn(C2CCCOC2)nc1Nc1ccc2c(c1)COB2O. The summed E-state index contributed by atoms with van der Waals surface area (Å²) in [6.45, 7) is 1.69. The van der Waals surface area contributed by atoms with E-state index in [0.717, 1.165) is 36.2 Å². The van der Waals surface area contributed by atoms with E-state index in [0.29, 0.717) is 24.6 Å². The summed E-state index contributed by atoms with van der Waals surface area (Å²) < 4.78 is 12.4. The minimum atomic E-state index is -0.879. The standard InChI is InChI=1S/C16H19BN4O4/c18-15(22)13-7-21(12-2-1-5-24-9-12)20-16(13)19-11-3-4-14-10(6-11)8-25-17(14)23/h3-4,6-7,12,23H,1-2,5,8-9H2,(H2,18,22)(H,19,20). The number of carbonyl (C=O) groups excluding carboxylic acids is 1. The molecule has 1 unspecified atom stereocenters. The highest BCUT2D eigenvalue weighted by atomic mass is 16.5. The lowest BCUT2D eigenvalue weighted by molar-refractivity contribution is 0.0550. The van der Waals surface area contributed by atoms with Crippen LogP contribution >= 0.6 is 0 Å². The van der Waals surface area contributed by atoms with Crippen molar-refractivity contribution in [2.75, 3.05) is 18.5 Å². The van der Waals surface area contributed by atoms with Gasteiger partial charge in [0.25, 0.3) is 5.91 Å². The average molecular weight is 342 g/mol. The van der Waals surface area contributed by atoms with Crippen LogP contribution < -0.4 is 16.5 Å². The fraction of sp³-hybridized carbons (Fsp3) is 0.375. The Hall–Kier alpha value is -2.36. The molecule has 25 heavy (non-hydrogen) atoms. The van der Waals surface area contributed by atoms with Crippen LogP contribution in [0, 0.1) is 0 Å². The number of nitrogens with zero attached hydrogens (tertiary/aromatic N) is 2. The van der Waals surface area contributed by atoms with Gasteiger partial charge in [0.05, 0.1) is 19.3 Å². The van der Waals surface area contributed by atoms with Crippen molar-refractivity contribution < 1.29 is 19.2 Å². The molecule has 1 amide bonds. The lowest BCUT2D eigenvalue weighted by atomic mass is 9.79. The summed E-state index contributed by atoms with van der Waals surface area (Å²) in [7, 11) is -0.879. The zero-order chi connectivity index (χ0) is 17.4. The Morgan fingerprint density at radius 3 is 3.12 bits per heavy atom. The number of hydrogen-bond donors (Lipinski definition) is 3. The quantitative estimate of drug-likeness (QED) is 0.689. The Balaban J connectivity index is 1.61. The summed E-state index contributed by atoms with van der Waals surface area (Å²) in [5.74, 6) is -0.122. The second-order valence-corrected chi connectivity index (χ2v) is 6.31. The van der Waals surface area contributed by atoms with Crippen LogP contribution in [0.4, 0.5) is 11.5 Å². The average Bonchev–Trinajstić information content (AvgIpc) is 3.20. The molecule has 1 fully saturated rings. The molecule has 1 saturated heterocycles. The van der Waals surface area contributed by atoms with Crippen molar-refractivity contribution in [2.45, 2.75) is 25.5 Å². The summed E-state index contributed by atoms with van der Waals surface area (Å²) in [6, 6.07) is 5.58. The zero-order valence-electron chi connectivity index (χ0n) is 13.6. The normalized spacial score (nSPS) is 19.7. The van der Waals surface area contributed by atoms with Crippen LogP contribution in [0.5, 0.6) is 0 Å². The van der Waals surface area contributed by atoms with Gasteiger partial charge in [-0.2, -0.15) is 5.10 Å². The molecule has 0 spiro atoms. The summed E-state index contributed by atoms with van der Waals surface area (Å²) in [5, 5.41) is 17.3. The first-order valence-corrected chi connectivity index (χ1v) is 8.28. The number of fused-ring (bicyclic) bond motifs is 1. The maximum atomic E-state index is 11.8. The molecule has 1 aromatic carbocycles. The number of aromatic nitrogens is 2. The van der Waals surface area contributed by atoms with Crippen LogP contribution in [0.15, 0.2) is 24.4 Å². The first-order chi connectivity index (χ1) is 12.1. The Morgan fingerprint density at radius 2 is 2.36 bits per heavy atom. The predicted molar refractivity (Wildman–Crippen MR) is 92.0 cm³/mol. The fourth-order valence-electron chi connectivity index (χ4n) is 3.23. The highest BCUT2D eigenvalue weighted by molar-refractivity contribution is 6.61. The molecular formula is C16H19BN4O4. The van der Waals surface area contributed by atoms with E-state index in [1.165, 1.54) is 0 Å². The Labute approximate surface area is 145 Å². The van der Waals surface area contributed by atoms with Crippen LogP contribution in [0.1, 0.15) is 34.8 Å². The summed E-state index contributed by atoms with van der Waals surface area (Å²) >= 11 is 0. The number of nitrogens with two attached hydrogens (primary N) is 1. The molecule has 2 aromatic rings. The molecule has 9 heteroatoms. The zero-order valence-corrected chi connectivity index (χ0v) is 13.6. The monoisotopic (exact) mass is 342 g/mol. The van der Waals surface area contributed by atoms with Crippen molar-refractivity contribution in [3.8, 4) is 0 Å². The second kappa shape index (κ2) is 6.51. The number of amides is 1. The first-order valence-electron chi connectivity index (χ1n) is 8.28. The smallest absolute Gasteiger partial charge is 0.423 e. The maximum absolute atomic E-state index is 11.8. The third-order valence-corrected chi connectivity index (χ3v) is 4.58. The van der Waals surface area contributed by atoms with Gasteiger partial charge in [0, 0.05) is 18.5 Å². The minimum Gasteiger partial charge on any atom is -0.423 e. The van der Waals surface area contributed by atoms with Gasteiger partial charge < -0.3 is 25.5 Å². The van der Waals surface area contributed by atoms with E-state index >= 15 is 0 Å². The van der Waals surface area contributed by atoms with Gasteiger partial charge in [0.1, 0.15) is 5.56 Å². The van der Waals surface area contributed by atoms with E-state index < -0.39 is 13.0 Å². The fourth-order valence-corrected chi connectivity index (χ4v) is 3.23. The molecular weight excluding hydrogens is 323 g/mol. The lowest BCUT2D eigenvalue weighted by Gasteiger charge is -2.22. The molecule has 130 valence electrons. The molecule has 8 nitrogen and oxygen atoms in total. The van der Waals surface area contributed by atoms with E-state index in [1.54, 1.807) is 16.9 Å². The predicted octanol–water partition coefficient (Wildman–Crippen LogP) is 0.295. The largest absolute Gasteiger partial charge is 0.491 e. The van der Waals surface area contributed by atoms with Crippen LogP contribution in [-0.4, -0.2) is 41.0 Å². The van der Waals surface area contributed by atoms with Crippen LogP contribution in [0.2, 0.25) is 0 Å². The van der Waals surface area contributed by atoms with Gasteiger partial charge in [-0.25, -0.2) is 0 Å². The Morgan fingerprint density at radius 1 is 1.48 bits per heavy atom. The number of anilines is 2. The molecule has 0 bridgehead atoms. The van der Waals surface area contributed by atoms with Crippen molar-refractivity contribution in [3.63, 3.8) is 0 Å². The van der Waals surface area contributed by atoms with Gasteiger partial charge in [-0.3, -0.25) is 9.48 Å². The third kappa shape index (κ3) is 3.13. The number of ether oxygens (including phenoxy) is 1. The van der Waals surface area contributed by atoms with Gasteiger partial charge >= 0.3 is 7.12 Å². The maximum Gasteiger partial charge on any atom is 0.491 e. The number of carbonyl (C=O) groups is 1. The topological polar surface area (TPSA) is 112 Å². The van der Waals surface area contributed by atoms with Crippen molar-refractivity contribution in [2.24, 2.45) is 5.73 Å². The molecule has 4 N–H and O–H groups in total. The van der Waals surface area contributed by atoms with Gasteiger partial charge in [0.2, 0.25) is 0 Å². The van der Waals surface area contributed by atoms with Gasteiger partial charge in [0.15, 0.2) is 5.82 Å². The first kappa shape index (κ1) is 16.1. The summed E-state index contributed by atoms with van der Waals surface area (Å²) in [5.41, 5.74) is 8.25. The molecule has 4 rings (SSSR count). The Kier molecular flexibility index (Phi) is 4.20. The van der Waals surface area contributed by atoms with E-state index in [9.17, 15) is 9.82 Å². The number of nitrogens with one attached hydrogen (secondary N) is 1. The number of benzene rings is 1. The van der Waals surface area contributed by atoms with Crippen molar-refractivity contribution in [1.29, 1.82) is 0 Å². The van der Waals surface area contributed by atoms with Gasteiger partial charge in [-0.05, 0) is 36.0 Å². The van der Waals surface area contributed by atoms with Crippen LogP contribution in [0.25, 0.3) is 0 Å². The summed E-state index contributed by atoms with van der Waals surface area (Å²) in [6.07, 6.45) is 3.59. The molecule has 1 atom stereocenters. The third-order valence-electron chi connectivity index (χ3n) is 4.58. The molecule has 0 aliphatic carbocycles. The van der Waals surface area contributed by atoms with E-state index in [1.807, 2.05) is 12.1 Å². The minimum absolute atomic E-state index is 0.103. The number of primary amides is 1. The van der Waals surface area contributed by atoms with E-state index in [2.05, 4.69) is 10.4 Å². The van der Waals surface area contributed by atoms with Gasteiger partial charge in [-0.15, -0.1) is 0 Å². The molecule has 3 heterocycles. The molecule has 2 aliphatic heterocycles. The molecule has 2 aliphatic rings. The van der Waals surface area contributed by atoms with Gasteiger partial charge in [-0.1, -0.05) is 6.07 Å². The van der Waals surface area contributed by atoms with Crippen molar-refractivity contribution in [1.82, 2.24) is 9.78 Å². The Bertz CT molecular complexity index is 803. The molecule has 0 radical (unpaired) electrons. The van der Waals surface area contributed by atoms with Crippen LogP contribution in [0.3, 0.4) is 0 Å². The molecule has 1 aromatic heterocycles. The molecule has 0 saturated carbocycles. The highest BCUT2D eigenvalue weighted by Gasteiger charge is 2.27. The number of hydrogen-bond acceptors (Lipinski definition) is 6. The van der Waals surface area contributed by atoms with E-state index in [4.69, 9.17) is 15.1 Å². The van der Waals surface area contributed by atoms with E-state index in [-0.39, 0.29) is 6.04 Å². The van der Waals surface area contributed by atoms with Crippen LogP contribution in [-0.2, 0) is 16.0 Å². The van der Waals surface area contributed by atoms with Crippen molar-refractivity contribution >= 4 is 30.0 Å². The second-order valence-electron chi connectivity index (χ2n) is 6.31. The highest BCUT2D eigenvalue weighted by Crippen LogP contribution is 2.25. The lowest BCUT2D eigenvalue weighted by Crippen LogP contribution is -2.27.